The molecule has 0 bridgehead atoms. The number of rotatable bonds is 5. The van der Waals surface area contributed by atoms with Crippen LogP contribution < -0.4 is 16.6 Å². The van der Waals surface area contributed by atoms with E-state index in [-0.39, 0.29) is 22.2 Å². The lowest BCUT2D eigenvalue weighted by molar-refractivity contribution is 0.382. The van der Waals surface area contributed by atoms with E-state index in [1.807, 2.05) is 20.8 Å². The molecule has 0 aromatic carbocycles. The van der Waals surface area contributed by atoms with Crippen LogP contribution in [0.4, 0.5) is 5.69 Å². The molecule has 0 amide bonds. The highest BCUT2D eigenvalue weighted by Crippen LogP contribution is 2.25. The van der Waals surface area contributed by atoms with Crippen LogP contribution in [0.15, 0.2) is 11.0 Å². The highest BCUT2D eigenvalue weighted by Gasteiger charge is 2.28. The van der Waals surface area contributed by atoms with Gasteiger partial charge in [-0.25, -0.2) is 4.68 Å². The summed E-state index contributed by atoms with van der Waals surface area (Å²) in [5.74, 6) is 0.293. The fourth-order valence-corrected chi connectivity index (χ4v) is 1.82. The van der Waals surface area contributed by atoms with Gasteiger partial charge in [-0.1, -0.05) is 25.4 Å². The molecule has 5 nitrogen and oxygen atoms in total. The summed E-state index contributed by atoms with van der Waals surface area (Å²) in [5, 5.41) is 7.54. The first-order chi connectivity index (χ1) is 8.73. The molecule has 0 aliphatic carbocycles. The third-order valence-corrected chi connectivity index (χ3v) is 3.92. The first kappa shape index (κ1) is 16.0. The molecule has 1 atom stereocenters. The van der Waals surface area contributed by atoms with E-state index in [1.165, 1.54) is 4.68 Å². The van der Waals surface area contributed by atoms with Gasteiger partial charge in [0.25, 0.3) is 5.56 Å². The molecule has 3 N–H and O–H groups in total. The van der Waals surface area contributed by atoms with Crippen LogP contribution in [0.1, 0.15) is 40.7 Å². The van der Waals surface area contributed by atoms with Gasteiger partial charge in [0.05, 0.1) is 17.9 Å². The van der Waals surface area contributed by atoms with Crippen LogP contribution in [0.25, 0.3) is 0 Å². The minimum Gasteiger partial charge on any atom is -0.376 e. The number of hydrogen-bond donors (Lipinski definition) is 2. The van der Waals surface area contributed by atoms with Gasteiger partial charge in [0.1, 0.15) is 5.02 Å². The summed E-state index contributed by atoms with van der Waals surface area (Å²) in [6.45, 7) is 10.3. The van der Waals surface area contributed by atoms with Crippen LogP contribution in [0.3, 0.4) is 0 Å². The Morgan fingerprint density at radius 1 is 1.47 bits per heavy atom. The zero-order valence-corrected chi connectivity index (χ0v) is 13.0. The van der Waals surface area contributed by atoms with Crippen molar-refractivity contribution in [1.82, 2.24) is 9.78 Å². The highest BCUT2D eigenvalue weighted by molar-refractivity contribution is 6.32. The number of hydrogen-bond acceptors (Lipinski definition) is 4. The molecule has 6 heteroatoms. The Labute approximate surface area is 119 Å². The first-order valence-electron chi connectivity index (χ1n) is 6.48. The fraction of sp³-hybridized carbons (Fsp3) is 0.692. The highest BCUT2D eigenvalue weighted by atomic mass is 35.5. The maximum absolute atomic E-state index is 12.1. The Morgan fingerprint density at radius 2 is 2.05 bits per heavy atom. The Morgan fingerprint density at radius 3 is 2.47 bits per heavy atom. The molecule has 0 aliphatic heterocycles. The van der Waals surface area contributed by atoms with E-state index < -0.39 is 0 Å². The van der Waals surface area contributed by atoms with Crippen LogP contribution in [0.5, 0.6) is 0 Å². The van der Waals surface area contributed by atoms with Gasteiger partial charge in [-0.3, -0.25) is 4.79 Å². The molecule has 19 heavy (non-hydrogen) atoms. The maximum atomic E-state index is 12.1. The van der Waals surface area contributed by atoms with Gasteiger partial charge in [0.15, 0.2) is 0 Å². The molecule has 0 saturated heterocycles. The summed E-state index contributed by atoms with van der Waals surface area (Å²) in [7, 11) is 0. The van der Waals surface area contributed by atoms with Crippen molar-refractivity contribution >= 4 is 17.3 Å². The summed E-state index contributed by atoms with van der Waals surface area (Å²) >= 11 is 6.13. The second-order valence-corrected chi connectivity index (χ2v) is 5.99. The van der Waals surface area contributed by atoms with Crippen LogP contribution >= 0.6 is 11.6 Å². The smallest absolute Gasteiger partial charge is 0.287 e. The zero-order valence-electron chi connectivity index (χ0n) is 12.2. The molecule has 0 radical (unpaired) electrons. The standard InChI is InChI=1S/C13H23ClN4O/c1-8(2)13(5,7-15)17-10-6-16-18(9(3)4)12(19)11(10)14/h6,8-9,17H,7,15H2,1-5H3. The second-order valence-electron chi connectivity index (χ2n) is 5.62. The van der Waals surface area contributed by atoms with Crippen LogP contribution in [-0.2, 0) is 0 Å². The topological polar surface area (TPSA) is 72.9 Å². The van der Waals surface area contributed by atoms with E-state index in [1.54, 1.807) is 6.20 Å². The Balaban J connectivity index is 3.18. The van der Waals surface area contributed by atoms with Gasteiger partial charge < -0.3 is 11.1 Å². The second kappa shape index (κ2) is 5.92. The van der Waals surface area contributed by atoms with Crippen molar-refractivity contribution < 1.29 is 0 Å². The number of nitrogens with zero attached hydrogens (tertiary/aromatic N) is 2. The molecule has 108 valence electrons. The van der Waals surface area contributed by atoms with Crippen molar-refractivity contribution in [3.8, 4) is 0 Å². The van der Waals surface area contributed by atoms with Crippen LogP contribution in [-0.4, -0.2) is 21.9 Å². The third-order valence-electron chi connectivity index (χ3n) is 3.55. The molecule has 1 aromatic rings. The van der Waals surface area contributed by atoms with Crippen LogP contribution in [0, 0.1) is 5.92 Å². The van der Waals surface area contributed by atoms with E-state index in [4.69, 9.17) is 17.3 Å². The molecule has 1 aromatic heterocycles. The number of nitrogens with one attached hydrogen (secondary N) is 1. The Kier molecular flexibility index (Phi) is 4.98. The average molecular weight is 287 g/mol. The molecule has 0 saturated carbocycles. The van der Waals surface area contributed by atoms with Crippen LogP contribution in [0.2, 0.25) is 5.02 Å². The number of anilines is 1. The van der Waals surface area contributed by atoms with E-state index in [9.17, 15) is 4.79 Å². The Hall–Kier alpha value is -1.07. The monoisotopic (exact) mass is 286 g/mol. The minimum atomic E-state index is -0.332. The van der Waals surface area contributed by atoms with Crippen molar-refractivity contribution in [2.75, 3.05) is 11.9 Å². The molecular weight excluding hydrogens is 264 g/mol. The molecule has 0 fully saturated rings. The minimum absolute atomic E-state index is 0.0231. The molecule has 1 heterocycles. The number of nitrogens with two attached hydrogens (primary N) is 1. The summed E-state index contributed by atoms with van der Waals surface area (Å²) < 4.78 is 1.36. The fourth-order valence-electron chi connectivity index (χ4n) is 1.64. The van der Waals surface area contributed by atoms with E-state index in [0.717, 1.165) is 0 Å². The molecule has 1 unspecified atom stereocenters. The van der Waals surface area contributed by atoms with Crippen molar-refractivity contribution in [2.45, 2.75) is 46.2 Å². The Bertz CT molecular complexity index is 498. The van der Waals surface area contributed by atoms with Gasteiger partial charge in [0.2, 0.25) is 0 Å². The number of aromatic nitrogens is 2. The van der Waals surface area contributed by atoms with Gasteiger partial charge in [-0.15, -0.1) is 0 Å². The summed E-state index contributed by atoms with van der Waals surface area (Å²) in [6.07, 6.45) is 1.58. The zero-order chi connectivity index (χ0) is 14.8. The normalized spacial score (nSPS) is 14.8. The summed E-state index contributed by atoms with van der Waals surface area (Å²) in [4.78, 5) is 12.1. The van der Waals surface area contributed by atoms with Crippen molar-refractivity contribution in [3.05, 3.63) is 21.6 Å². The SMILES string of the molecule is CC(C)n1ncc(NC(C)(CN)C(C)C)c(Cl)c1=O. The predicted octanol–water partition coefficient (Wildman–Crippen LogP) is 2.26. The third kappa shape index (κ3) is 3.28. The van der Waals surface area contributed by atoms with Crippen molar-refractivity contribution in [2.24, 2.45) is 11.7 Å². The van der Waals surface area contributed by atoms with E-state index >= 15 is 0 Å². The van der Waals surface area contributed by atoms with Gasteiger partial charge in [-0.05, 0) is 26.7 Å². The summed E-state index contributed by atoms with van der Waals surface area (Å²) in [6, 6.07) is -0.0231. The molecule has 0 spiro atoms. The van der Waals surface area contributed by atoms with Gasteiger partial charge in [0, 0.05) is 12.1 Å². The van der Waals surface area contributed by atoms with Crippen molar-refractivity contribution in [3.63, 3.8) is 0 Å². The first-order valence-corrected chi connectivity index (χ1v) is 6.86. The van der Waals surface area contributed by atoms with E-state index in [2.05, 4.69) is 24.3 Å². The van der Waals surface area contributed by atoms with Gasteiger partial charge >= 0.3 is 0 Å². The average Bonchev–Trinajstić information content (AvgIpc) is 2.34. The molecular formula is C13H23ClN4O. The largest absolute Gasteiger partial charge is 0.376 e. The molecule has 0 aliphatic rings. The quantitative estimate of drug-likeness (QED) is 0.871. The van der Waals surface area contributed by atoms with Gasteiger partial charge in [-0.2, -0.15) is 5.10 Å². The van der Waals surface area contributed by atoms with E-state index in [0.29, 0.717) is 18.2 Å². The molecule has 1 rings (SSSR count). The summed E-state index contributed by atoms with van der Waals surface area (Å²) in [5.41, 5.74) is 5.73. The lowest BCUT2D eigenvalue weighted by Crippen LogP contribution is -2.47. The predicted molar refractivity (Wildman–Crippen MR) is 79.8 cm³/mol. The van der Waals surface area contributed by atoms with Crippen molar-refractivity contribution in [1.29, 1.82) is 0 Å². The lowest BCUT2D eigenvalue weighted by Gasteiger charge is -2.34. The lowest BCUT2D eigenvalue weighted by atomic mass is 9.88. The number of halogens is 1. The maximum Gasteiger partial charge on any atom is 0.287 e.